The van der Waals surface area contributed by atoms with Crippen LogP contribution < -0.4 is 0 Å². The van der Waals surface area contributed by atoms with Crippen molar-refractivity contribution in [3.8, 4) is 0 Å². The predicted octanol–water partition coefficient (Wildman–Crippen LogP) is 0.864. The normalized spacial score (nSPS) is 26.9. The van der Waals surface area contributed by atoms with Crippen LogP contribution in [0.15, 0.2) is 0 Å². The third-order valence-corrected chi connectivity index (χ3v) is 2.40. The molecule has 1 aliphatic rings. The van der Waals surface area contributed by atoms with Gasteiger partial charge in [-0.05, 0) is 20.3 Å². The van der Waals surface area contributed by atoms with Crippen LogP contribution in [0.3, 0.4) is 0 Å². The van der Waals surface area contributed by atoms with Crippen molar-refractivity contribution in [3.63, 3.8) is 0 Å². The molecule has 2 atom stereocenters. The maximum atomic E-state index is 13.5. The Morgan fingerprint density at radius 2 is 2.25 bits per heavy atom. The first-order valence-corrected chi connectivity index (χ1v) is 5.25. The molecule has 0 aromatic heterocycles. The van der Waals surface area contributed by atoms with Gasteiger partial charge in [-0.3, -0.25) is 0 Å². The summed E-state index contributed by atoms with van der Waals surface area (Å²) in [6.45, 7) is 3.31. The lowest BCUT2D eigenvalue weighted by Crippen LogP contribution is -2.48. The maximum Gasteiger partial charge on any atom is 0.407 e. The first kappa shape index (κ1) is 13.2. The van der Waals surface area contributed by atoms with Crippen LogP contribution in [0.1, 0.15) is 20.3 Å². The molecule has 1 aliphatic heterocycles. The minimum Gasteiger partial charge on any atom is -0.465 e. The number of hydrogen-bond acceptors (Lipinski definition) is 3. The quantitative estimate of drug-likeness (QED) is 0.761. The number of likely N-dealkylation sites (tertiary alicyclic amines) is 1. The molecule has 0 aromatic carbocycles. The summed E-state index contributed by atoms with van der Waals surface area (Å²) >= 11 is 0. The topological polar surface area (TPSA) is 70.0 Å². The van der Waals surface area contributed by atoms with Gasteiger partial charge in [0.05, 0.1) is 24.9 Å². The largest absolute Gasteiger partial charge is 0.465 e. The Morgan fingerprint density at radius 3 is 2.69 bits per heavy atom. The molecule has 5 nitrogen and oxygen atoms in total. The van der Waals surface area contributed by atoms with Gasteiger partial charge in [-0.2, -0.15) is 0 Å². The fraction of sp³-hybridized carbons (Fsp3) is 0.900. The summed E-state index contributed by atoms with van der Waals surface area (Å²) < 4.78 is 18.8. The summed E-state index contributed by atoms with van der Waals surface area (Å²) in [6.07, 6.45) is -2.73. The van der Waals surface area contributed by atoms with Crippen LogP contribution >= 0.6 is 0 Å². The van der Waals surface area contributed by atoms with Gasteiger partial charge >= 0.3 is 6.09 Å². The number of nitrogens with zero attached hydrogens (tertiary/aromatic N) is 1. The van der Waals surface area contributed by atoms with Crippen molar-refractivity contribution in [2.45, 2.75) is 38.1 Å². The van der Waals surface area contributed by atoms with E-state index in [0.717, 1.165) is 4.90 Å². The Hall–Kier alpha value is -0.880. The summed E-state index contributed by atoms with van der Waals surface area (Å²) in [5, 5.41) is 18.1. The van der Waals surface area contributed by atoms with Crippen LogP contribution in [-0.4, -0.2) is 58.8 Å². The molecule has 1 amide bonds. The zero-order chi connectivity index (χ0) is 12.3. The molecule has 0 saturated carbocycles. The van der Waals surface area contributed by atoms with Gasteiger partial charge in [0.2, 0.25) is 0 Å². The molecule has 1 rings (SSSR count). The Morgan fingerprint density at radius 1 is 1.62 bits per heavy atom. The van der Waals surface area contributed by atoms with Crippen molar-refractivity contribution in [2.24, 2.45) is 0 Å². The summed E-state index contributed by atoms with van der Waals surface area (Å²) in [7, 11) is 0. The van der Waals surface area contributed by atoms with Gasteiger partial charge in [-0.1, -0.05) is 0 Å². The molecule has 0 aliphatic carbocycles. The molecule has 0 bridgehead atoms. The second-order valence-electron chi connectivity index (χ2n) is 4.70. The minimum atomic E-state index is -1.33. The lowest BCUT2D eigenvalue weighted by Gasteiger charge is -2.34. The van der Waals surface area contributed by atoms with E-state index in [9.17, 15) is 14.3 Å². The number of ether oxygens (including phenoxy) is 1. The third-order valence-electron chi connectivity index (χ3n) is 2.40. The van der Waals surface area contributed by atoms with Gasteiger partial charge in [0.1, 0.15) is 6.17 Å². The Bertz CT molecular complexity index is 254. The number of alkyl halides is 1. The van der Waals surface area contributed by atoms with Crippen LogP contribution in [0, 0.1) is 0 Å². The van der Waals surface area contributed by atoms with E-state index in [4.69, 9.17) is 9.84 Å². The van der Waals surface area contributed by atoms with Crippen LogP contribution in [-0.2, 0) is 4.74 Å². The number of amides is 1. The third kappa shape index (κ3) is 3.94. The Balaban J connectivity index is 2.39. The zero-order valence-electron chi connectivity index (χ0n) is 9.52. The monoisotopic (exact) mass is 235 g/mol. The number of hydrogen-bond donors (Lipinski definition) is 2. The fourth-order valence-electron chi connectivity index (χ4n) is 1.56. The van der Waals surface area contributed by atoms with E-state index in [-0.39, 0.29) is 19.7 Å². The van der Waals surface area contributed by atoms with Gasteiger partial charge in [-0.15, -0.1) is 0 Å². The van der Waals surface area contributed by atoms with Crippen molar-refractivity contribution in [2.75, 3.05) is 19.7 Å². The molecule has 6 heteroatoms. The molecule has 0 spiro atoms. The second kappa shape index (κ2) is 4.97. The summed E-state index contributed by atoms with van der Waals surface area (Å²) in [6, 6.07) is 0. The second-order valence-corrected chi connectivity index (χ2v) is 4.70. The maximum absolute atomic E-state index is 13.5. The highest BCUT2D eigenvalue weighted by Crippen LogP contribution is 2.18. The van der Waals surface area contributed by atoms with Crippen LogP contribution in [0.5, 0.6) is 0 Å². The fourth-order valence-corrected chi connectivity index (χ4v) is 1.56. The molecule has 0 aromatic rings. The number of rotatable bonds is 3. The highest BCUT2D eigenvalue weighted by atomic mass is 19.1. The standard InChI is InChI=1S/C10H18FNO4/c1-10(2,15)6-16-8-3-4-12(9(13)14)5-7(8)11/h7-8,15H,3-6H2,1-2H3,(H,13,14)/t7-,8+/m1/s1. The molecule has 94 valence electrons. The number of halogens is 1. The highest BCUT2D eigenvalue weighted by Gasteiger charge is 2.33. The molecule has 2 N–H and O–H groups in total. The van der Waals surface area contributed by atoms with Gasteiger partial charge in [0.15, 0.2) is 0 Å². The lowest BCUT2D eigenvalue weighted by molar-refractivity contribution is -0.0935. The molecule has 1 fully saturated rings. The number of carbonyl (C=O) groups is 1. The predicted molar refractivity (Wildman–Crippen MR) is 55.1 cm³/mol. The lowest BCUT2D eigenvalue weighted by atomic mass is 10.1. The SMILES string of the molecule is CC(C)(O)CO[C@H]1CCN(C(=O)O)C[C@H]1F. The average molecular weight is 235 g/mol. The summed E-state index contributed by atoms with van der Waals surface area (Å²) in [5.41, 5.74) is -0.996. The van der Waals surface area contributed by atoms with E-state index < -0.39 is 24.0 Å². The molecular weight excluding hydrogens is 217 g/mol. The molecular formula is C10H18FNO4. The van der Waals surface area contributed by atoms with Crippen molar-refractivity contribution in [1.82, 2.24) is 4.90 Å². The van der Waals surface area contributed by atoms with Crippen molar-refractivity contribution < 1.29 is 24.1 Å². The molecule has 1 saturated heterocycles. The van der Waals surface area contributed by atoms with Gasteiger partial charge < -0.3 is 19.8 Å². The summed E-state index contributed by atoms with van der Waals surface area (Å²) in [4.78, 5) is 11.6. The van der Waals surface area contributed by atoms with Crippen molar-refractivity contribution in [3.05, 3.63) is 0 Å². The van der Waals surface area contributed by atoms with Crippen molar-refractivity contribution >= 4 is 6.09 Å². The minimum absolute atomic E-state index is 0.0468. The van der Waals surface area contributed by atoms with Crippen molar-refractivity contribution in [1.29, 1.82) is 0 Å². The van der Waals surface area contributed by atoms with E-state index in [1.165, 1.54) is 0 Å². The van der Waals surface area contributed by atoms with Crippen LogP contribution in [0.2, 0.25) is 0 Å². The van der Waals surface area contributed by atoms with Crippen LogP contribution in [0.25, 0.3) is 0 Å². The van der Waals surface area contributed by atoms with E-state index in [0.29, 0.717) is 6.42 Å². The number of piperidine rings is 1. The van der Waals surface area contributed by atoms with Gasteiger partial charge in [0, 0.05) is 6.54 Å². The zero-order valence-corrected chi connectivity index (χ0v) is 9.52. The first-order valence-electron chi connectivity index (χ1n) is 5.25. The Kier molecular flexibility index (Phi) is 4.09. The highest BCUT2D eigenvalue weighted by molar-refractivity contribution is 5.65. The van der Waals surface area contributed by atoms with E-state index in [1.54, 1.807) is 13.8 Å². The number of aliphatic hydroxyl groups is 1. The molecule has 1 heterocycles. The average Bonchev–Trinajstić information content (AvgIpc) is 2.14. The van der Waals surface area contributed by atoms with E-state index in [1.807, 2.05) is 0 Å². The smallest absolute Gasteiger partial charge is 0.407 e. The van der Waals surface area contributed by atoms with Crippen LogP contribution in [0.4, 0.5) is 9.18 Å². The van der Waals surface area contributed by atoms with E-state index >= 15 is 0 Å². The number of carboxylic acid groups (broad SMARTS) is 1. The Labute approximate surface area is 93.8 Å². The van der Waals surface area contributed by atoms with Gasteiger partial charge in [-0.25, -0.2) is 9.18 Å². The molecule has 0 radical (unpaired) electrons. The summed E-state index contributed by atoms with van der Waals surface area (Å²) in [5.74, 6) is 0. The molecule has 16 heavy (non-hydrogen) atoms. The first-order chi connectivity index (χ1) is 7.29. The molecule has 0 unspecified atom stereocenters. The van der Waals surface area contributed by atoms with E-state index in [2.05, 4.69) is 0 Å². The van der Waals surface area contributed by atoms with Gasteiger partial charge in [0.25, 0.3) is 0 Å².